The molecule has 2 aromatic rings. The Morgan fingerprint density at radius 1 is 1.19 bits per heavy atom. The molecule has 1 aromatic heterocycles. The van der Waals surface area contributed by atoms with E-state index >= 15 is 0 Å². The van der Waals surface area contributed by atoms with Crippen LogP contribution < -0.4 is 5.32 Å². The smallest absolute Gasteiger partial charge is 0.326 e. The fraction of sp³-hybridized carbons (Fsp3) is 0.478. The first-order valence-corrected chi connectivity index (χ1v) is 10.6. The maximum Gasteiger partial charge on any atom is 0.326 e. The van der Waals surface area contributed by atoms with Crippen molar-refractivity contribution in [3.05, 3.63) is 48.3 Å². The zero-order valence-corrected chi connectivity index (χ0v) is 18.1. The van der Waals surface area contributed by atoms with Gasteiger partial charge in [0.05, 0.1) is 5.69 Å². The Hall–Kier alpha value is -3.16. The van der Waals surface area contributed by atoms with Crippen LogP contribution in [0.5, 0.6) is 0 Å². The van der Waals surface area contributed by atoms with E-state index in [0.717, 1.165) is 17.0 Å². The van der Waals surface area contributed by atoms with E-state index in [4.69, 9.17) is 4.74 Å². The maximum absolute atomic E-state index is 13.1. The van der Waals surface area contributed by atoms with Crippen molar-refractivity contribution in [2.75, 3.05) is 6.54 Å². The highest BCUT2D eigenvalue weighted by Crippen LogP contribution is 2.46. The molecule has 0 bridgehead atoms. The minimum Gasteiger partial charge on any atom is -0.458 e. The van der Waals surface area contributed by atoms with Crippen LogP contribution in [0.15, 0.2) is 42.6 Å². The first kappa shape index (κ1) is 21.1. The highest BCUT2D eigenvalue weighted by Gasteiger charge is 2.56. The Morgan fingerprint density at radius 2 is 1.94 bits per heavy atom. The minimum atomic E-state index is -0.924. The molecule has 2 heterocycles. The number of carbonyl (C=O) groups excluding carboxylic acids is 3. The molecule has 0 radical (unpaired) electrons. The molecular weight excluding hydrogens is 396 g/mol. The average molecular weight is 425 g/mol. The standard InChI is InChI=1S/C23H28N4O4/c1-16-11-22(2,3)15-23(12-16)20(29)26(21(30)24-23)13-19(28)31-14-17-9-10-27(25-17)18-7-5-4-6-8-18/h4-10,16H,11-15H2,1-3H3,(H,24,30). The molecular formula is C23H28N4O4. The number of aromatic nitrogens is 2. The van der Waals surface area contributed by atoms with E-state index < -0.39 is 24.1 Å². The first-order valence-electron chi connectivity index (χ1n) is 10.6. The summed E-state index contributed by atoms with van der Waals surface area (Å²) < 4.78 is 6.98. The molecule has 164 valence electrons. The van der Waals surface area contributed by atoms with Gasteiger partial charge in [0.15, 0.2) is 0 Å². The van der Waals surface area contributed by atoms with Crippen molar-refractivity contribution >= 4 is 17.9 Å². The highest BCUT2D eigenvalue weighted by molar-refractivity contribution is 6.08. The summed E-state index contributed by atoms with van der Waals surface area (Å²) in [4.78, 5) is 39.0. The van der Waals surface area contributed by atoms with Gasteiger partial charge in [0, 0.05) is 6.20 Å². The monoisotopic (exact) mass is 424 g/mol. The second-order valence-electron chi connectivity index (χ2n) is 9.51. The van der Waals surface area contributed by atoms with Crippen LogP contribution in [0.2, 0.25) is 0 Å². The van der Waals surface area contributed by atoms with Gasteiger partial charge in [-0.15, -0.1) is 0 Å². The van der Waals surface area contributed by atoms with Crippen LogP contribution >= 0.6 is 0 Å². The molecule has 8 nitrogen and oxygen atoms in total. The zero-order valence-electron chi connectivity index (χ0n) is 18.1. The Kier molecular flexibility index (Phi) is 5.33. The summed E-state index contributed by atoms with van der Waals surface area (Å²) in [5.74, 6) is -0.667. The van der Waals surface area contributed by atoms with Crippen molar-refractivity contribution in [3.63, 3.8) is 0 Å². The fourth-order valence-electron chi connectivity index (χ4n) is 5.14. The van der Waals surface area contributed by atoms with E-state index in [2.05, 4.69) is 31.2 Å². The second kappa shape index (κ2) is 7.83. The second-order valence-corrected chi connectivity index (χ2v) is 9.51. The van der Waals surface area contributed by atoms with E-state index in [1.54, 1.807) is 16.9 Å². The topological polar surface area (TPSA) is 93.5 Å². The summed E-state index contributed by atoms with van der Waals surface area (Å²) >= 11 is 0. The molecule has 2 fully saturated rings. The quantitative estimate of drug-likeness (QED) is 0.588. The van der Waals surface area contributed by atoms with E-state index in [0.29, 0.717) is 24.5 Å². The summed E-state index contributed by atoms with van der Waals surface area (Å²) in [5.41, 5.74) is 0.491. The first-order chi connectivity index (χ1) is 14.7. The Bertz CT molecular complexity index is 1000. The number of esters is 1. The number of imide groups is 1. The van der Waals surface area contributed by atoms with Gasteiger partial charge in [0.1, 0.15) is 24.4 Å². The van der Waals surface area contributed by atoms with Crippen LogP contribution in [0.1, 0.15) is 45.7 Å². The zero-order chi connectivity index (χ0) is 22.2. The summed E-state index contributed by atoms with van der Waals surface area (Å²) in [6, 6.07) is 10.8. The average Bonchev–Trinajstić information content (AvgIpc) is 3.25. The van der Waals surface area contributed by atoms with Gasteiger partial charge in [0.25, 0.3) is 5.91 Å². The van der Waals surface area contributed by atoms with Gasteiger partial charge in [-0.05, 0) is 48.8 Å². The fourth-order valence-corrected chi connectivity index (χ4v) is 5.14. The largest absolute Gasteiger partial charge is 0.458 e. The van der Waals surface area contributed by atoms with Crippen molar-refractivity contribution in [3.8, 4) is 5.69 Å². The van der Waals surface area contributed by atoms with Crippen molar-refractivity contribution in [1.29, 1.82) is 0 Å². The molecule has 1 spiro atoms. The molecule has 31 heavy (non-hydrogen) atoms. The van der Waals surface area contributed by atoms with Gasteiger partial charge in [0.2, 0.25) is 0 Å². The molecule has 1 aromatic carbocycles. The van der Waals surface area contributed by atoms with E-state index in [9.17, 15) is 14.4 Å². The van der Waals surface area contributed by atoms with E-state index in [1.807, 2.05) is 30.3 Å². The minimum absolute atomic E-state index is 0.0302. The number of carbonyl (C=O) groups is 3. The van der Waals surface area contributed by atoms with Crippen molar-refractivity contribution < 1.29 is 19.1 Å². The van der Waals surface area contributed by atoms with Crippen molar-refractivity contribution in [2.24, 2.45) is 11.3 Å². The number of para-hydroxylation sites is 1. The van der Waals surface area contributed by atoms with Crippen LogP contribution in [0.3, 0.4) is 0 Å². The molecule has 2 unspecified atom stereocenters. The number of amides is 3. The lowest BCUT2D eigenvalue weighted by atomic mass is 9.64. The van der Waals surface area contributed by atoms with Crippen LogP contribution in [0, 0.1) is 11.3 Å². The third-order valence-electron chi connectivity index (χ3n) is 5.96. The van der Waals surface area contributed by atoms with E-state index in [1.165, 1.54) is 0 Å². The van der Waals surface area contributed by atoms with Gasteiger partial charge in [-0.2, -0.15) is 5.10 Å². The number of nitrogens with one attached hydrogen (secondary N) is 1. The maximum atomic E-state index is 13.1. The summed E-state index contributed by atoms with van der Waals surface area (Å²) in [6.07, 6.45) is 3.93. The third-order valence-corrected chi connectivity index (χ3v) is 5.96. The molecule has 1 saturated carbocycles. The normalized spacial score (nSPS) is 25.0. The molecule has 1 aliphatic carbocycles. The molecule has 8 heteroatoms. The summed E-state index contributed by atoms with van der Waals surface area (Å²) in [6.45, 7) is 5.87. The van der Waals surface area contributed by atoms with Crippen molar-refractivity contribution in [2.45, 2.75) is 52.2 Å². The van der Waals surface area contributed by atoms with Gasteiger partial charge in [-0.25, -0.2) is 9.48 Å². The Labute approximate surface area is 181 Å². The number of nitrogens with zero attached hydrogens (tertiary/aromatic N) is 3. The van der Waals surface area contributed by atoms with Crippen molar-refractivity contribution in [1.82, 2.24) is 20.0 Å². The molecule has 4 rings (SSSR count). The van der Waals surface area contributed by atoms with Crippen LogP contribution in [-0.4, -0.2) is 44.7 Å². The Balaban J connectivity index is 1.36. The van der Waals surface area contributed by atoms with Gasteiger partial charge >= 0.3 is 12.0 Å². The van der Waals surface area contributed by atoms with Gasteiger partial charge < -0.3 is 10.1 Å². The van der Waals surface area contributed by atoms with E-state index in [-0.39, 0.29) is 17.9 Å². The third kappa shape index (κ3) is 4.33. The molecule has 2 atom stereocenters. The lowest BCUT2D eigenvalue weighted by Crippen LogP contribution is -2.54. The Morgan fingerprint density at radius 3 is 2.65 bits per heavy atom. The predicted octanol–water partition coefficient (Wildman–Crippen LogP) is 3.05. The number of rotatable bonds is 5. The lowest BCUT2D eigenvalue weighted by Gasteiger charge is -2.43. The molecule has 2 aliphatic rings. The molecule has 1 N–H and O–H groups in total. The number of ether oxygens (including phenoxy) is 1. The number of hydrogen-bond acceptors (Lipinski definition) is 5. The number of benzene rings is 1. The summed E-state index contributed by atoms with van der Waals surface area (Å²) in [7, 11) is 0. The van der Waals surface area contributed by atoms with Gasteiger partial charge in [-0.3, -0.25) is 14.5 Å². The molecule has 3 amide bonds. The number of hydrogen-bond donors (Lipinski definition) is 1. The molecule has 1 saturated heterocycles. The number of urea groups is 1. The predicted molar refractivity (Wildman–Crippen MR) is 113 cm³/mol. The van der Waals surface area contributed by atoms with Crippen LogP contribution in [0.4, 0.5) is 4.79 Å². The summed E-state index contributed by atoms with van der Waals surface area (Å²) in [5, 5.41) is 7.26. The van der Waals surface area contributed by atoms with Gasteiger partial charge in [-0.1, -0.05) is 39.0 Å². The SMILES string of the molecule is CC1CC(C)(C)CC2(C1)NC(=O)N(CC(=O)OCc1ccn(-c3ccccc3)n1)C2=O. The highest BCUT2D eigenvalue weighted by atomic mass is 16.5. The molecule has 1 aliphatic heterocycles. The lowest BCUT2D eigenvalue weighted by molar-refractivity contribution is -0.149. The van der Waals surface area contributed by atoms with Crippen LogP contribution in [-0.2, 0) is 20.9 Å². The van der Waals surface area contributed by atoms with Crippen LogP contribution in [0.25, 0.3) is 5.69 Å².